The number of imidazole rings is 1. The van der Waals surface area contributed by atoms with Gasteiger partial charge in [0.05, 0.1) is 11.9 Å². The van der Waals surface area contributed by atoms with Crippen LogP contribution < -0.4 is 11.2 Å². The number of benzene rings is 2. The van der Waals surface area contributed by atoms with Crippen molar-refractivity contribution in [2.45, 2.75) is 13.0 Å². The molecule has 0 bridgehead atoms. The van der Waals surface area contributed by atoms with Crippen molar-refractivity contribution in [1.29, 1.82) is 0 Å². The molecule has 0 saturated carbocycles. The topological polar surface area (TPSA) is 99.8 Å². The fraction of sp³-hybridized carbons (Fsp3) is 0.0909. The second-order valence-corrected chi connectivity index (χ2v) is 6.97. The molecule has 0 unspecified atom stereocenters. The van der Waals surface area contributed by atoms with Crippen LogP contribution in [0.2, 0.25) is 0 Å². The van der Waals surface area contributed by atoms with E-state index < -0.39 is 17.1 Å². The van der Waals surface area contributed by atoms with Crippen LogP contribution >= 0.6 is 0 Å². The van der Waals surface area contributed by atoms with Crippen LogP contribution in [0.4, 0.5) is 14.6 Å². The predicted octanol–water partition coefficient (Wildman–Crippen LogP) is 3.70. The van der Waals surface area contributed by atoms with E-state index in [4.69, 9.17) is 10.2 Å². The van der Waals surface area contributed by atoms with Gasteiger partial charge in [-0.3, -0.25) is 4.79 Å². The van der Waals surface area contributed by atoms with Gasteiger partial charge in [0.25, 0.3) is 0 Å². The Morgan fingerprint density at radius 3 is 2.74 bits per heavy atom. The van der Waals surface area contributed by atoms with Crippen LogP contribution in [0.15, 0.2) is 64.3 Å². The van der Waals surface area contributed by atoms with Crippen molar-refractivity contribution in [3.63, 3.8) is 0 Å². The van der Waals surface area contributed by atoms with E-state index >= 15 is 0 Å². The second kappa shape index (κ2) is 7.28. The molecular weight excluding hydrogens is 404 g/mol. The molecule has 31 heavy (non-hydrogen) atoms. The maximum absolute atomic E-state index is 14.4. The molecule has 3 heterocycles. The zero-order valence-electron chi connectivity index (χ0n) is 16.0. The Kier molecular flexibility index (Phi) is 4.43. The Labute approximate surface area is 173 Å². The predicted molar refractivity (Wildman–Crippen MR) is 111 cm³/mol. The number of aromatic nitrogens is 4. The number of nitrogens with zero attached hydrogens (tertiary/aromatic N) is 4. The molecule has 0 aliphatic carbocycles. The molecule has 0 aliphatic heterocycles. The lowest BCUT2D eigenvalue weighted by atomic mass is 10.0. The number of rotatable bonds is 4. The van der Waals surface area contributed by atoms with Crippen molar-refractivity contribution < 1.29 is 13.2 Å². The number of hydrogen-bond donors (Lipinski definition) is 1. The van der Waals surface area contributed by atoms with Crippen molar-refractivity contribution in [3.8, 4) is 11.1 Å². The molecule has 154 valence electrons. The number of anilines is 1. The minimum Gasteiger partial charge on any atom is -0.460 e. The fourth-order valence-electron chi connectivity index (χ4n) is 3.64. The summed E-state index contributed by atoms with van der Waals surface area (Å²) < 4.78 is 36.0. The van der Waals surface area contributed by atoms with Gasteiger partial charge < -0.3 is 14.7 Å². The Hall–Kier alpha value is -4.14. The number of nitrogens with two attached hydrogens (primary N) is 1. The van der Waals surface area contributed by atoms with Gasteiger partial charge in [0.1, 0.15) is 40.2 Å². The first-order valence-corrected chi connectivity index (χ1v) is 9.44. The van der Waals surface area contributed by atoms with Crippen LogP contribution in [-0.2, 0) is 13.0 Å². The molecular formula is C22H15F2N5O2. The van der Waals surface area contributed by atoms with Crippen LogP contribution in [0.1, 0.15) is 5.76 Å². The van der Waals surface area contributed by atoms with E-state index in [1.165, 1.54) is 42.7 Å². The van der Waals surface area contributed by atoms with Crippen molar-refractivity contribution in [2.75, 3.05) is 5.73 Å². The molecule has 2 aromatic carbocycles. The first-order valence-electron chi connectivity index (χ1n) is 9.44. The second-order valence-electron chi connectivity index (χ2n) is 6.97. The highest BCUT2D eigenvalue weighted by Crippen LogP contribution is 2.27. The van der Waals surface area contributed by atoms with E-state index in [9.17, 15) is 13.6 Å². The number of fused-ring (bicyclic) bond motifs is 2. The Balaban J connectivity index is 1.65. The Morgan fingerprint density at radius 1 is 1.06 bits per heavy atom. The fourth-order valence-corrected chi connectivity index (χ4v) is 3.64. The summed E-state index contributed by atoms with van der Waals surface area (Å²) in [5, 5.41) is -0.167. The number of aryl methyl sites for hydroxylation is 2. The van der Waals surface area contributed by atoms with Gasteiger partial charge in [0.2, 0.25) is 5.43 Å². The summed E-state index contributed by atoms with van der Waals surface area (Å²) in [4.78, 5) is 25.6. The third-order valence-electron chi connectivity index (χ3n) is 5.06. The van der Waals surface area contributed by atoms with Crippen LogP contribution in [0.3, 0.4) is 0 Å². The molecule has 5 rings (SSSR count). The quantitative estimate of drug-likeness (QED) is 0.477. The normalized spacial score (nSPS) is 11.4. The molecule has 0 atom stereocenters. The van der Waals surface area contributed by atoms with Gasteiger partial charge >= 0.3 is 0 Å². The first kappa shape index (κ1) is 18.9. The maximum Gasteiger partial charge on any atom is 0.203 e. The highest BCUT2D eigenvalue weighted by atomic mass is 19.1. The molecule has 0 saturated heterocycles. The average Bonchev–Trinajstić information content (AvgIpc) is 3.16. The lowest BCUT2D eigenvalue weighted by Crippen LogP contribution is -2.12. The molecule has 5 aromatic rings. The largest absolute Gasteiger partial charge is 0.460 e. The molecule has 2 N–H and O–H groups in total. The number of halogens is 2. The molecule has 0 radical (unpaired) electrons. The lowest BCUT2D eigenvalue weighted by Gasteiger charge is -2.11. The first-order chi connectivity index (χ1) is 15.0. The zero-order valence-corrected chi connectivity index (χ0v) is 16.0. The highest BCUT2D eigenvalue weighted by molar-refractivity contribution is 5.83. The van der Waals surface area contributed by atoms with Gasteiger partial charge in [-0.25, -0.2) is 23.7 Å². The molecule has 0 amide bonds. The minimum atomic E-state index is -0.691. The van der Waals surface area contributed by atoms with Gasteiger partial charge in [-0.1, -0.05) is 18.2 Å². The van der Waals surface area contributed by atoms with E-state index in [-0.39, 0.29) is 28.8 Å². The van der Waals surface area contributed by atoms with Crippen LogP contribution in [0.5, 0.6) is 0 Å². The van der Waals surface area contributed by atoms with Gasteiger partial charge in [-0.05, 0) is 29.8 Å². The summed E-state index contributed by atoms with van der Waals surface area (Å²) in [5.74, 6) is -0.637. The molecule has 9 heteroatoms. The summed E-state index contributed by atoms with van der Waals surface area (Å²) in [7, 11) is 0. The lowest BCUT2D eigenvalue weighted by molar-refractivity contribution is 0.514. The summed E-state index contributed by atoms with van der Waals surface area (Å²) >= 11 is 0. The van der Waals surface area contributed by atoms with E-state index in [1.54, 1.807) is 17.0 Å². The van der Waals surface area contributed by atoms with Gasteiger partial charge in [0, 0.05) is 13.0 Å². The third kappa shape index (κ3) is 3.20. The van der Waals surface area contributed by atoms with Crippen molar-refractivity contribution in [2.24, 2.45) is 0 Å². The summed E-state index contributed by atoms with van der Waals surface area (Å²) in [6.45, 7) is 0.346. The van der Waals surface area contributed by atoms with E-state index in [0.717, 1.165) is 0 Å². The summed E-state index contributed by atoms with van der Waals surface area (Å²) in [6.07, 6.45) is 3.16. The molecule has 3 aromatic heterocycles. The SMILES string of the molecule is Nc1ncnc2c1ncn2CCc1oc2cccc(F)c2c(=O)c1-c1cccc(F)c1. The van der Waals surface area contributed by atoms with Gasteiger partial charge in [0.15, 0.2) is 11.5 Å². The van der Waals surface area contributed by atoms with Gasteiger partial charge in [-0.15, -0.1) is 0 Å². The zero-order chi connectivity index (χ0) is 21.5. The molecule has 0 aliphatic rings. The van der Waals surface area contributed by atoms with E-state index in [1.807, 2.05) is 0 Å². The van der Waals surface area contributed by atoms with Gasteiger partial charge in [-0.2, -0.15) is 0 Å². The maximum atomic E-state index is 14.4. The van der Waals surface area contributed by atoms with Crippen molar-refractivity contribution in [1.82, 2.24) is 19.5 Å². The summed E-state index contributed by atoms with van der Waals surface area (Å²) in [5.41, 5.74) is 6.84. The Morgan fingerprint density at radius 2 is 1.90 bits per heavy atom. The van der Waals surface area contributed by atoms with E-state index in [2.05, 4.69) is 15.0 Å². The number of nitrogen functional groups attached to an aromatic ring is 1. The molecule has 0 spiro atoms. The number of hydrogen-bond acceptors (Lipinski definition) is 6. The van der Waals surface area contributed by atoms with Crippen molar-refractivity contribution in [3.05, 3.63) is 82.7 Å². The third-order valence-corrected chi connectivity index (χ3v) is 5.06. The van der Waals surface area contributed by atoms with Crippen LogP contribution in [-0.4, -0.2) is 19.5 Å². The van der Waals surface area contributed by atoms with Crippen LogP contribution in [0.25, 0.3) is 33.3 Å². The van der Waals surface area contributed by atoms with Crippen molar-refractivity contribution >= 4 is 28.0 Å². The standard InChI is InChI=1S/C22H15F2N5O2/c23-13-4-1-3-12(9-13)17-16(31-15-6-2-5-14(24)18(15)20(17)30)7-8-29-11-28-19-21(25)26-10-27-22(19)29/h1-6,9-11H,7-8H2,(H2,25,26,27). The van der Waals surface area contributed by atoms with E-state index in [0.29, 0.717) is 29.0 Å². The summed E-state index contributed by atoms with van der Waals surface area (Å²) in [6, 6.07) is 9.76. The molecule has 0 fully saturated rings. The highest BCUT2D eigenvalue weighted by Gasteiger charge is 2.19. The average molecular weight is 419 g/mol. The minimum absolute atomic E-state index is 0.121. The Bertz CT molecular complexity index is 1510. The smallest absolute Gasteiger partial charge is 0.203 e. The van der Waals surface area contributed by atoms with Crippen LogP contribution in [0, 0.1) is 11.6 Å². The molecule has 7 nitrogen and oxygen atoms in total. The monoisotopic (exact) mass is 419 g/mol.